The fourth-order valence-corrected chi connectivity index (χ4v) is 27.9. The molecule has 12 aliphatic carbocycles. The van der Waals surface area contributed by atoms with Crippen LogP contribution in [0.3, 0.4) is 0 Å². The second-order valence-electron chi connectivity index (χ2n) is 44.3. The van der Waals surface area contributed by atoms with Gasteiger partial charge in [-0.25, -0.2) is 8.42 Å². The van der Waals surface area contributed by atoms with Gasteiger partial charge in [-0.1, -0.05) is 129 Å². The normalized spacial score (nSPS) is 40.8. The number of halogens is 1. The molecular weight excluding hydrogens is 1610 g/mol. The maximum atomic E-state index is 14.4. The van der Waals surface area contributed by atoms with Crippen LogP contribution in [0.15, 0.2) is 35.2 Å². The number of sulfone groups is 1. The van der Waals surface area contributed by atoms with Gasteiger partial charge in [0.15, 0.2) is 9.84 Å². The first-order chi connectivity index (χ1) is 52.7. The zero-order valence-corrected chi connectivity index (χ0v) is 85.3. The molecule has 1 unspecified atom stereocenters. The first-order valence-electron chi connectivity index (χ1n) is 46.9. The Balaban J connectivity index is 0.000000333. The molecule has 2 aliphatic heterocycles. The molecule has 1 spiro atoms. The van der Waals surface area contributed by atoms with Gasteiger partial charge in [0, 0.05) is 33.2 Å². The van der Waals surface area contributed by atoms with E-state index in [9.17, 15) is 38.7 Å². The quantitative estimate of drug-likeness (QED) is 0.0612. The van der Waals surface area contributed by atoms with Crippen molar-refractivity contribution in [2.45, 2.75) is 425 Å². The van der Waals surface area contributed by atoms with Crippen LogP contribution in [-0.4, -0.2) is 124 Å². The molecule has 1 aromatic rings. The van der Waals surface area contributed by atoms with Gasteiger partial charge in [-0.05, 0) is 420 Å². The number of rotatable bonds is 11. The van der Waals surface area contributed by atoms with Crippen LogP contribution in [-0.2, 0) is 24.1 Å². The summed E-state index contributed by atoms with van der Waals surface area (Å²) in [5, 5.41) is 61.2. The summed E-state index contributed by atoms with van der Waals surface area (Å²) in [6.45, 7) is 42.1. The van der Waals surface area contributed by atoms with Crippen LogP contribution in [0.1, 0.15) is 381 Å². The summed E-state index contributed by atoms with van der Waals surface area (Å²) in [5.74, 6) is 11.8. The Morgan fingerprint density at radius 2 is 0.931 bits per heavy atom. The van der Waals surface area contributed by atoms with E-state index in [0.717, 1.165) is 195 Å². The van der Waals surface area contributed by atoms with Gasteiger partial charge in [0.25, 0.3) is 0 Å². The van der Waals surface area contributed by atoms with Gasteiger partial charge in [0.1, 0.15) is 5.78 Å². The third-order valence-corrected chi connectivity index (χ3v) is 35.6. The number of aliphatic hydroxyl groups is 5. The maximum Gasteiger partial charge on any atom is 1.00 e. The van der Waals surface area contributed by atoms with Crippen molar-refractivity contribution in [1.82, 2.24) is 0 Å². The Hall–Kier alpha value is 1.83. The van der Waals surface area contributed by atoms with E-state index in [4.69, 9.17) is 14.6 Å². The molecule has 0 bridgehead atoms. The molecule has 14 aliphatic rings. The van der Waals surface area contributed by atoms with Crippen LogP contribution < -0.4 is 75.4 Å². The molecule has 11 nitrogen and oxygen atoms in total. The van der Waals surface area contributed by atoms with E-state index in [1.54, 1.807) is 32.9 Å². The number of ketones is 1. The maximum absolute atomic E-state index is 14.4. The number of hydrogen-bond acceptors (Lipinski definition) is 11. The fraction of sp³-hybridized carbons (Fsp3) is 0.920. The van der Waals surface area contributed by atoms with Crippen molar-refractivity contribution < 1.29 is 124 Å². The molecule has 16 heteroatoms. The number of aliphatic hydroxyl groups excluding tert-OH is 1. The number of Topliss-reactive ketones (excluding diaryl/α,β-unsaturated/α-hetero) is 1. The van der Waals surface area contributed by atoms with Gasteiger partial charge in [-0.15, -0.1) is 5.60 Å². The third-order valence-electron chi connectivity index (χ3n) is 33.2. The van der Waals surface area contributed by atoms with Crippen LogP contribution in [0.25, 0.3) is 0 Å². The van der Waals surface area contributed by atoms with Gasteiger partial charge in [0.2, 0.25) is 0 Å². The number of carbonyl (C=O) groups is 1. The molecule has 1 aromatic carbocycles. The molecule has 19 atom stereocenters. The molecule has 116 heavy (non-hydrogen) atoms. The first-order valence-corrected chi connectivity index (χ1v) is 53.8. The average molecular weight is 1800 g/mol. The van der Waals surface area contributed by atoms with Crippen LogP contribution >= 0.6 is 28.4 Å². The largest absolute Gasteiger partial charge is 1.00 e. The Labute approximate surface area is 783 Å². The molecule has 0 amide bonds. The van der Waals surface area contributed by atoms with E-state index in [1.807, 2.05) is 25.1 Å². The van der Waals surface area contributed by atoms with Crippen molar-refractivity contribution in [2.24, 2.45) is 116 Å². The van der Waals surface area contributed by atoms with E-state index in [1.165, 1.54) is 141 Å². The minimum Gasteiger partial charge on any atom is -0.850 e. The molecule has 2 saturated heterocycles. The molecule has 668 valence electrons. The van der Waals surface area contributed by atoms with E-state index >= 15 is 0 Å². The number of epoxide rings is 1. The second-order valence-corrected chi connectivity index (χ2v) is 57.8. The molecule has 0 aromatic heterocycles. The van der Waals surface area contributed by atoms with Crippen LogP contribution in [0, 0.1) is 123 Å². The third kappa shape index (κ3) is 31.0. The molecule has 14 fully saturated rings. The molecule has 5 N–H and O–H groups in total. The van der Waals surface area contributed by atoms with E-state index in [-0.39, 0.29) is 102 Å². The topological polar surface area (TPSA) is 197 Å². The number of fused-ring (bicyclic) bond motifs is 10. The Kier molecular flexibility index (Phi) is 45.0. The molecule has 0 radical (unpaired) electrons. The predicted molar refractivity (Wildman–Crippen MR) is 490 cm³/mol. The summed E-state index contributed by atoms with van der Waals surface area (Å²) in [6, 6.07) is 9.07. The van der Waals surface area contributed by atoms with Crippen LogP contribution in [0.4, 0.5) is 0 Å². The molecule has 15 rings (SSSR count). The summed E-state index contributed by atoms with van der Waals surface area (Å²) in [7, 11) is -2.79. The molecule has 2 heterocycles. The summed E-state index contributed by atoms with van der Waals surface area (Å²) >= 11 is 2.46. The van der Waals surface area contributed by atoms with Crippen molar-refractivity contribution in [3.63, 3.8) is 0 Å². The van der Waals surface area contributed by atoms with Gasteiger partial charge in [-0.2, -0.15) is 13.6 Å². The standard InChI is InChI=1S/C37H58O4S.C31H54O2.C8H14O.C7H12O.C4H8O.C4H9O.C4H9.C3H9IS.CH4O.CH4.K.Li/c1-25-15-19-37(39,20-16-25)24-33(42(40,41)28-9-7-6-8-10-28)26(2)30-13-14-31-29-12-11-27-23-34(3,38)21-22-35(27,4)32(29)17-18-36(30,31)5;1-21-10-15-31(33,16-11-21)17-12-22(2)25-8-9-26-24-7-6-23-20-28(3,32)18-19-29(23,4)27(24)13-14-30(25,26)5;1-7-2-4-8(5-3-7)6-9-8;1-6-2-4-7(8)5-3-6;1-2-4-5-3-1;1-4(2,3)5;1-3-4-2;1-5(2,3)4;1-2;;;/h6-10,25-27,29-33,38-39H,11-24H2,1-5H3;21-27,32-33H,6-20H2,1-5H3;7H,2-6H2,1H3;6H,2-5H2,1H3;1-4H2;1-3H3;1,3-4H2,2H3;1-3H3;2H,1H3;1H4;;/q;;;;;2*-1;;;;2*+1/t25?,26-,27-,29-,30+,31-,32-,33?,34-,35-,36+,37?;21?,22-,23+,24+,25-,26+,27+,28+,29+,30-,31?;;;;;;;;;;/m01........../s1. The predicted octanol–water partition coefficient (Wildman–Crippen LogP) is 18.5. The van der Waals surface area contributed by atoms with Crippen molar-refractivity contribution >= 4 is 44.0 Å². The summed E-state index contributed by atoms with van der Waals surface area (Å²) in [5.41, 5.74) is -1.06. The SMILES string of the molecule is C.C1CCOC1.CC(C)(C)[O-].CC1CCC(=O)CC1.CC1CCC(O)(CC([C@@H](C)[C@H]2CC[C@H]3[C@@H]4CC[C@H]5C[C@@](C)(O)CC[C@]5(C)[C@H]4CC[C@]23C)S(=O)(=O)c2ccccc2)CC1.CC1CCC(O)(CC[C@@H](C)[C@H]2CC[C@H]3[C@@H]4CC[C@H]5C[C@@](C)(O)CC[C@]5(C)[C@H]4CC[C@]23C)CC1.CC1CCC2(CC1)CO2.CO.CS(C)(C)I.[CH2-]CCC.[K+].[Li+]. The number of unbranched alkanes of at least 4 members (excludes halogenated alkanes) is 1. The van der Waals surface area contributed by atoms with E-state index < -0.39 is 37.5 Å². The Morgan fingerprint density at radius 1 is 0.560 bits per heavy atom. The van der Waals surface area contributed by atoms with E-state index in [2.05, 4.69) is 130 Å². The summed E-state index contributed by atoms with van der Waals surface area (Å²) in [6.07, 6.45) is 53.5. The van der Waals surface area contributed by atoms with Crippen molar-refractivity contribution in [3.05, 3.63) is 37.3 Å². The van der Waals surface area contributed by atoms with Gasteiger partial charge >= 0.3 is 70.2 Å². The number of carbonyl (C=O) groups excluding carboxylic acids is 1. The zero-order valence-electron chi connectivity index (χ0n) is 78.4. The van der Waals surface area contributed by atoms with Crippen LogP contribution in [0.5, 0.6) is 0 Å². The minimum atomic E-state index is -3.60. The number of benzene rings is 1. The Bertz CT molecular complexity index is 3030. The fourth-order valence-electron chi connectivity index (χ4n) is 25.8. The smallest absolute Gasteiger partial charge is 0.850 e. The summed E-state index contributed by atoms with van der Waals surface area (Å²) in [4.78, 5) is 11.0. The first kappa shape index (κ1) is 110. The van der Waals surface area contributed by atoms with Crippen molar-refractivity contribution in [1.29, 1.82) is 0 Å². The number of ether oxygens (including phenoxy) is 2. The minimum absolute atomic E-state index is 0. The van der Waals surface area contributed by atoms with Gasteiger partial charge in [-0.3, -0.25) is 4.79 Å². The van der Waals surface area contributed by atoms with Gasteiger partial charge in [0.05, 0.1) is 44.8 Å². The summed E-state index contributed by atoms with van der Waals surface area (Å²) < 4.78 is 39.2. The molecule has 12 saturated carbocycles. The molecular formula is C100H181IKLiO11S2. The monoisotopic (exact) mass is 1800 g/mol. The Morgan fingerprint density at radius 3 is 1.31 bits per heavy atom. The van der Waals surface area contributed by atoms with E-state index in [0.29, 0.717) is 75.5 Å². The van der Waals surface area contributed by atoms with Gasteiger partial charge < -0.3 is 47.0 Å². The van der Waals surface area contributed by atoms with Crippen molar-refractivity contribution in [3.8, 4) is 0 Å². The number of hydrogen-bond donors (Lipinski definition) is 5. The zero-order chi connectivity index (χ0) is 84.0. The van der Waals surface area contributed by atoms with Crippen LogP contribution in [0.2, 0.25) is 0 Å². The van der Waals surface area contributed by atoms with Crippen molar-refractivity contribution in [2.75, 3.05) is 45.7 Å². The second kappa shape index (κ2) is 47.4. The average Bonchev–Trinajstić information content (AvgIpc) is 1.41.